The summed E-state index contributed by atoms with van der Waals surface area (Å²) in [5.41, 5.74) is 0. The Morgan fingerprint density at radius 2 is 1.63 bits per heavy atom. The van der Waals surface area contributed by atoms with Crippen molar-refractivity contribution < 1.29 is 4.79 Å². The first kappa shape index (κ1) is 16.5. The summed E-state index contributed by atoms with van der Waals surface area (Å²) in [6.07, 6.45) is 10.2. The van der Waals surface area contributed by atoms with Gasteiger partial charge in [0.25, 0.3) is 0 Å². The number of carbonyl (C=O) groups is 1. The first-order valence-electron chi connectivity index (χ1n) is 8.13. The molecule has 0 spiro atoms. The molecular weight excluding hydrogens is 236 g/mol. The third-order valence-corrected chi connectivity index (χ3v) is 4.01. The average Bonchev–Trinajstić information content (AvgIpc) is 2.31. The highest BCUT2D eigenvalue weighted by Gasteiger charge is 2.18. The van der Waals surface area contributed by atoms with Crippen molar-refractivity contribution in [2.24, 2.45) is 5.92 Å². The number of carbonyl (C=O) groups excluding carboxylic acids is 1. The Hall–Kier alpha value is -0.570. The molecule has 3 heteroatoms. The Labute approximate surface area is 118 Å². The molecular formula is C16H32N2O. The van der Waals surface area contributed by atoms with Crippen molar-refractivity contribution >= 4 is 5.91 Å². The quantitative estimate of drug-likeness (QED) is 0.776. The summed E-state index contributed by atoms with van der Waals surface area (Å²) >= 11 is 0. The minimum Gasteiger partial charge on any atom is -0.355 e. The monoisotopic (exact) mass is 268 g/mol. The van der Waals surface area contributed by atoms with Crippen LogP contribution in [0.2, 0.25) is 0 Å². The fourth-order valence-electron chi connectivity index (χ4n) is 2.69. The summed E-state index contributed by atoms with van der Waals surface area (Å²) in [6.45, 7) is 7.15. The van der Waals surface area contributed by atoms with Gasteiger partial charge in [0.2, 0.25) is 5.91 Å². The van der Waals surface area contributed by atoms with E-state index in [1.165, 1.54) is 44.9 Å². The second-order valence-corrected chi connectivity index (χ2v) is 6.40. The number of amides is 1. The smallest absolute Gasteiger partial charge is 0.236 e. The predicted molar refractivity (Wildman–Crippen MR) is 81.2 cm³/mol. The topological polar surface area (TPSA) is 41.1 Å². The lowest BCUT2D eigenvalue weighted by molar-refractivity contribution is -0.123. The molecule has 1 fully saturated rings. The van der Waals surface area contributed by atoms with Crippen LogP contribution in [0.15, 0.2) is 0 Å². The van der Waals surface area contributed by atoms with Crippen molar-refractivity contribution in [3.05, 3.63) is 0 Å². The number of nitrogens with one attached hydrogen (secondary N) is 2. The average molecular weight is 268 g/mol. The van der Waals surface area contributed by atoms with Gasteiger partial charge in [0.1, 0.15) is 0 Å². The maximum Gasteiger partial charge on any atom is 0.236 e. The molecule has 0 aromatic carbocycles. The van der Waals surface area contributed by atoms with Gasteiger partial charge in [0.15, 0.2) is 0 Å². The molecule has 1 atom stereocenters. The standard InChI is InChI=1S/C16H32N2O/c1-13(2)11-12-17-16(19)14(3)18-15-9-7-5-4-6-8-10-15/h13-15,18H,4-12H2,1-3H3,(H,17,19). The largest absolute Gasteiger partial charge is 0.355 e. The fraction of sp³-hybridized carbons (Fsp3) is 0.938. The molecule has 112 valence electrons. The zero-order valence-electron chi connectivity index (χ0n) is 13.0. The van der Waals surface area contributed by atoms with E-state index in [1.54, 1.807) is 0 Å². The van der Waals surface area contributed by atoms with E-state index in [-0.39, 0.29) is 11.9 Å². The second kappa shape index (κ2) is 9.35. The first-order valence-corrected chi connectivity index (χ1v) is 8.13. The molecule has 0 saturated heterocycles. The summed E-state index contributed by atoms with van der Waals surface area (Å²) in [5, 5.41) is 6.54. The third-order valence-electron chi connectivity index (χ3n) is 4.01. The van der Waals surface area contributed by atoms with E-state index in [2.05, 4.69) is 24.5 Å². The van der Waals surface area contributed by atoms with Gasteiger partial charge in [-0.15, -0.1) is 0 Å². The summed E-state index contributed by atoms with van der Waals surface area (Å²) in [5.74, 6) is 0.803. The molecule has 3 nitrogen and oxygen atoms in total. The van der Waals surface area contributed by atoms with Gasteiger partial charge in [-0.25, -0.2) is 0 Å². The molecule has 2 N–H and O–H groups in total. The Morgan fingerprint density at radius 3 is 2.21 bits per heavy atom. The first-order chi connectivity index (χ1) is 9.09. The molecule has 0 aromatic heterocycles. The van der Waals surface area contributed by atoms with Crippen molar-refractivity contribution in [3.63, 3.8) is 0 Å². The van der Waals surface area contributed by atoms with E-state index in [1.807, 2.05) is 6.92 Å². The fourth-order valence-corrected chi connectivity index (χ4v) is 2.69. The SMILES string of the molecule is CC(C)CCNC(=O)C(C)NC1CCCCCCC1. The van der Waals surface area contributed by atoms with Crippen LogP contribution in [-0.2, 0) is 4.79 Å². The lowest BCUT2D eigenvalue weighted by atomic mass is 9.96. The van der Waals surface area contributed by atoms with Gasteiger partial charge in [-0.05, 0) is 32.1 Å². The molecule has 1 aliphatic rings. The van der Waals surface area contributed by atoms with Gasteiger partial charge in [-0.2, -0.15) is 0 Å². The zero-order valence-corrected chi connectivity index (χ0v) is 13.0. The summed E-state index contributed by atoms with van der Waals surface area (Å²) in [6, 6.07) is 0.475. The maximum absolute atomic E-state index is 12.0. The minimum atomic E-state index is -0.0587. The highest BCUT2D eigenvalue weighted by atomic mass is 16.2. The number of hydrogen-bond donors (Lipinski definition) is 2. The van der Waals surface area contributed by atoms with Gasteiger partial charge in [0.05, 0.1) is 6.04 Å². The van der Waals surface area contributed by atoms with E-state index in [0.29, 0.717) is 12.0 Å². The van der Waals surface area contributed by atoms with Crippen LogP contribution in [0.25, 0.3) is 0 Å². The van der Waals surface area contributed by atoms with Crippen LogP contribution < -0.4 is 10.6 Å². The van der Waals surface area contributed by atoms with E-state index in [0.717, 1.165) is 13.0 Å². The van der Waals surface area contributed by atoms with Crippen LogP contribution in [0.4, 0.5) is 0 Å². The molecule has 1 aliphatic carbocycles. The van der Waals surface area contributed by atoms with Crippen LogP contribution in [0.5, 0.6) is 0 Å². The molecule has 0 bridgehead atoms. The van der Waals surface area contributed by atoms with Gasteiger partial charge < -0.3 is 10.6 Å². The molecule has 19 heavy (non-hydrogen) atoms. The molecule has 0 radical (unpaired) electrons. The summed E-state index contributed by atoms with van der Waals surface area (Å²) in [7, 11) is 0. The molecule has 1 rings (SSSR count). The van der Waals surface area contributed by atoms with Gasteiger partial charge >= 0.3 is 0 Å². The van der Waals surface area contributed by atoms with E-state index >= 15 is 0 Å². The Morgan fingerprint density at radius 1 is 1.05 bits per heavy atom. The number of rotatable bonds is 6. The summed E-state index contributed by atoms with van der Waals surface area (Å²) in [4.78, 5) is 12.0. The maximum atomic E-state index is 12.0. The summed E-state index contributed by atoms with van der Waals surface area (Å²) < 4.78 is 0. The molecule has 0 aliphatic heterocycles. The second-order valence-electron chi connectivity index (χ2n) is 6.40. The lowest BCUT2D eigenvalue weighted by Gasteiger charge is -2.24. The number of hydrogen-bond acceptors (Lipinski definition) is 2. The van der Waals surface area contributed by atoms with E-state index < -0.39 is 0 Å². The highest BCUT2D eigenvalue weighted by molar-refractivity contribution is 5.81. The highest BCUT2D eigenvalue weighted by Crippen LogP contribution is 2.17. The van der Waals surface area contributed by atoms with Crippen LogP contribution in [0.3, 0.4) is 0 Å². The van der Waals surface area contributed by atoms with Crippen LogP contribution >= 0.6 is 0 Å². The Balaban J connectivity index is 2.23. The molecule has 1 saturated carbocycles. The molecule has 1 unspecified atom stereocenters. The molecule has 1 amide bonds. The van der Waals surface area contributed by atoms with Crippen molar-refractivity contribution in [1.29, 1.82) is 0 Å². The van der Waals surface area contributed by atoms with E-state index in [4.69, 9.17) is 0 Å². The van der Waals surface area contributed by atoms with Crippen LogP contribution in [0.1, 0.15) is 72.1 Å². The minimum absolute atomic E-state index is 0.0587. The Kier molecular flexibility index (Phi) is 8.11. The normalized spacial score (nSPS) is 19.8. The van der Waals surface area contributed by atoms with Gasteiger partial charge in [-0.3, -0.25) is 4.79 Å². The molecule has 0 aromatic rings. The van der Waals surface area contributed by atoms with Crippen LogP contribution in [0, 0.1) is 5.92 Å². The van der Waals surface area contributed by atoms with Gasteiger partial charge in [0, 0.05) is 12.6 Å². The zero-order chi connectivity index (χ0) is 14.1. The van der Waals surface area contributed by atoms with Crippen molar-refractivity contribution in [2.45, 2.75) is 84.2 Å². The van der Waals surface area contributed by atoms with Gasteiger partial charge in [-0.1, -0.05) is 46.0 Å². The molecule has 0 heterocycles. The van der Waals surface area contributed by atoms with Crippen molar-refractivity contribution in [1.82, 2.24) is 10.6 Å². The van der Waals surface area contributed by atoms with E-state index in [9.17, 15) is 4.79 Å². The predicted octanol–water partition coefficient (Wildman–Crippen LogP) is 3.24. The Bertz CT molecular complexity index is 245. The van der Waals surface area contributed by atoms with Crippen molar-refractivity contribution in [3.8, 4) is 0 Å². The van der Waals surface area contributed by atoms with Crippen molar-refractivity contribution in [2.75, 3.05) is 6.54 Å². The van der Waals surface area contributed by atoms with Crippen LogP contribution in [-0.4, -0.2) is 24.5 Å². The third kappa shape index (κ3) is 7.56. The lowest BCUT2D eigenvalue weighted by Crippen LogP contribution is -2.47.